The highest BCUT2D eigenvalue weighted by molar-refractivity contribution is 5.94. The number of amides is 1. The number of aliphatic carboxylic acids is 1. The van der Waals surface area contributed by atoms with Gasteiger partial charge in [-0.3, -0.25) is 4.79 Å². The molecule has 124 valence electrons. The van der Waals surface area contributed by atoms with Crippen molar-refractivity contribution in [3.05, 3.63) is 41.5 Å². The van der Waals surface area contributed by atoms with Gasteiger partial charge in [-0.2, -0.15) is 13.2 Å². The first-order chi connectivity index (χ1) is 10.8. The molecule has 0 bridgehead atoms. The van der Waals surface area contributed by atoms with Gasteiger partial charge in [-0.15, -0.1) is 0 Å². The van der Waals surface area contributed by atoms with E-state index in [1.54, 1.807) is 0 Å². The van der Waals surface area contributed by atoms with E-state index < -0.39 is 24.3 Å². The summed E-state index contributed by atoms with van der Waals surface area (Å²) in [6.07, 6.45) is -3.56. The molecule has 0 radical (unpaired) electrons. The molecule has 1 heterocycles. The van der Waals surface area contributed by atoms with Gasteiger partial charge in [-0.25, -0.2) is 4.79 Å². The van der Waals surface area contributed by atoms with Crippen LogP contribution in [0.4, 0.5) is 13.2 Å². The molecule has 1 aromatic rings. The highest BCUT2D eigenvalue weighted by Crippen LogP contribution is 2.30. The lowest BCUT2D eigenvalue weighted by atomic mass is 10.1. The van der Waals surface area contributed by atoms with Crippen LogP contribution in [-0.2, 0) is 4.79 Å². The molecule has 0 unspecified atom stereocenters. The highest BCUT2D eigenvalue weighted by atomic mass is 19.4. The highest BCUT2D eigenvalue weighted by Gasteiger charge is 2.35. The van der Waals surface area contributed by atoms with Crippen molar-refractivity contribution < 1.29 is 32.6 Å². The lowest BCUT2D eigenvalue weighted by Gasteiger charge is -2.27. The number of ether oxygens (including phenoxy) is 1. The van der Waals surface area contributed by atoms with Crippen molar-refractivity contribution in [3.8, 4) is 5.75 Å². The number of carbonyl (C=O) groups excluding carboxylic acids is 1. The minimum Gasteiger partial charge on any atom is -0.482 e. The van der Waals surface area contributed by atoms with Crippen LogP contribution in [0.5, 0.6) is 5.75 Å². The molecule has 0 saturated heterocycles. The van der Waals surface area contributed by atoms with Crippen LogP contribution in [0, 0.1) is 0 Å². The quantitative estimate of drug-likeness (QED) is 0.862. The summed E-state index contributed by atoms with van der Waals surface area (Å²) < 4.78 is 42.6. The van der Waals surface area contributed by atoms with Gasteiger partial charge in [0.05, 0.1) is 0 Å². The normalized spacial score (nSPS) is 15.1. The molecular weight excluding hydrogens is 315 g/mol. The Hall–Kier alpha value is -2.51. The number of carbonyl (C=O) groups is 2. The minimum atomic E-state index is -4.35. The average Bonchev–Trinajstić information content (AvgIpc) is 2.52. The standard InChI is InChI=1S/C15H14F3NO4/c16-15(17,18)11-5-7-19(8-6-11)14(22)10-1-3-12(4-2-10)23-9-13(20)21/h1-5H,6-9H2,(H,20,21). The number of hydrogen-bond acceptors (Lipinski definition) is 3. The predicted molar refractivity (Wildman–Crippen MR) is 74.2 cm³/mol. The number of alkyl halides is 3. The zero-order valence-electron chi connectivity index (χ0n) is 12.0. The minimum absolute atomic E-state index is 0.00143. The molecule has 0 aromatic heterocycles. The lowest BCUT2D eigenvalue weighted by molar-refractivity contribution is -0.139. The number of halogens is 3. The molecule has 23 heavy (non-hydrogen) atoms. The maximum absolute atomic E-state index is 12.5. The fraction of sp³-hybridized carbons (Fsp3) is 0.333. The van der Waals surface area contributed by atoms with E-state index in [0.29, 0.717) is 11.3 Å². The predicted octanol–water partition coefficient (Wildman–Crippen LogP) is 2.48. The van der Waals surface area contributed by atoms with Gasteiger partial charge in [0.1, 0.15) is 5.75 Å². The maximum Gasteiger partial charge on any atom is 0.412 e. The van der Waals surface area contributed by atoms with Gasteiger partial charge in [-0.05, 0) is 30.7 Å². The third-order valence-corrected chi connectivity index (χ3v) is 3.32. The van der Waals surface area contributed by atoms with Crippen molar-refractivity contribution in [1.29, 1.82) is 0 Å². The van der Waals surface area contributed by atoms with E-state index in [1.807, 2.05) is 0 Å². The molecule has 1 aliphatic heterocycles. The van der Waals surface area contributed by atoms with Gasteiger partial charge in [0.2, 0.25) is 0 Å². The summed E-state index contributed by atoms with van der Waals surface area (Å²) >= 11 is 0. The van der Waals surface area contributed by atoms with Crippen molar-refractivity contribution >= 4 is 11.9 Å². The van der Waals surface area contributed by atoms with Crippen LogP contribution >= 0.6 is 0 Å². The van der Waals surface area contributed by atoms with Crippen LogP contribution in [0.15, 0.2) is 35.9 Å². The largest absolute Gasteiger partial charge is 0.482 e. The monoisotopic (exact) mass is 329 g/mol. The van der Waals surface area contributed by atoms with Gasteiger partial charge in [-0.1, -0.05) is 6.08 Å². The zero-order chi connectivity index (χ0) is 17.0. The van der Waals surface area contributed by atoms with Crippen molar-refractivity contribution in [2.75, 3.05) is 19.7 Å². The second-order valence-corrected chi connectivity index (χ2v) is 4.94. The number of carboxylic acids is 1. The zero-order valence-corrected chi connectivity index (χ0v) is 12.0. The third-order valence-electron chi connectivity index (χ3n) is 3.32. The first-order valence-corrected chi connectivity index (χ1v) is 6.77. The molecule has 0 aliphatic carbocycles. The van der Waals surface area contributed by atoms with E-state index in [9.17, 15) is 22.8 Å². The first-order valence-electron chi connectivity index (χ1n) is 6.77. The molecule has 0 spiro atoms. The summed E-state index contributed by atoms with van der Waals surface area (Å²) in [7, 11) is 0. The SMILES string of the molecule is O=C(O)COc1ccc(C(=O)N2CC=C(C(F)(F)F)CC2)cc1. The van der Waals surface area contributed by atoms with Crippen LogP contribution in [-0.4, -0.2) is 47.8 Å². The maximum atomic E-state index is 12.5. The Kier molecular flexibility index (Phi) is 4.92. The molecule has 0 atom stereocenters. The number of rotatable bonds is 4. The Morgan fingerprint density at radius 2 is 1.87 bits per heavy atom. The van der Waals surface area contributed by atoms with Crippen LogP contribution in [0.1, 0.15) is 16.8 Å². The second kappa shape index (κ2) is 6.72. The average molecular weight is 329 g/mol. The van der Waals surface area contributed by atoms with E-state index in [4.69, 9.17) is 9.84 Å². The molecule has 2 rings (SSSR count). The van der Waals surface area contributed by atoms with Crippen LogP contribution in [0.2, 0.25) is 0 Å². The number of carboxylic acid groups (broad SMARTS) is 1. The summed E-state index contributed by atoms with van der Waals surface area (Å²) in [6.45, 7) is -0.586. The van der Waals surface area contributed by atoms with Gasteiger partial charge >= 0.3 is 12.1 Å². The fourth-order valence-corrected chi connectivity index (χ4v) is 2.13. The van der Waals surface area contributed by atoms with Gasteiger partial charge in [0.15, 0.2) is 6.61 Å². The Labute approximate surface area is 130 Å². The molecule has 8 heteroatoms. The van der Waals surface area contributed by atoms with Crippen LogP contribution in [0.25, 0.3) is 0 Å². The van der Waals surface area contributed by atoms with Crippen LogP contribution < -0.4 is 4.74 Å². The molecular formula is C15H14F3NO4. The van der Waals surface area contributed by atoms with E-state index in [2.05, 4.69) is 0 Å². The molecule has 1 aliphatic rings. The van der Waals surface area contributed by atoms with E-state index in [-0.39, 0.29) is 25.4 Å². The Morgan fingerprint density at radius 1 is 1.22 bits per heavy atom. The summed E-state index contributed by atoms with van der Waals surface area (Å²) in [5, 5.41) is 8.50. The summed E-state index contributed by atoms with van der Waals surface area (Å²) in [5.41, 5.74) is -0.310. The molecule has 0 fully saturated rings. The Morgan fingerprint density at radius 3 is 2.35 bits per heavy atom. The van der Waals surface area contributed by atoms with Gasteiger partial charge in [0.25, 0.3) is 5.91 Å². The van der Waals surface area contributed by atoms with E-state index in [1.165, 1.54) is 29.2 Å². The fourth-order valence-electron chi connectivity index (χ4n) is 2.13. The second-order valence-electron chi connectivity index (χ2n) is 4.94. The molecule has 5 nitrogen and oxygen atoms in total. The number of benzene rings is 1. The summed E-state index contributed by atoms with van der Waals surface area (Å²) in [6, 6.07) is 5.78. The van der Waals surface area contributed by atoms with Crippen molar-refractivity contribution in [1.82, 2.24) is 4.90 Å². The van der Waals surface area contributed by atoms with E-state index >= 15 is 0 Å². The Bertz CT molecular complexity index is 623. The van der Waals surface area contributed by atoms with Crippen molar-refractivity contribution in [2.45, 2.75) is 12.6 Å². The molecule has 1 N–H and O–H groups in total. The summed E-state index contributed by atoms with van der Waals surface area (Å²) in [5.74, 6) is -1.21. The van der Waals surface area contributed by atoms with Crippen LogP contribution in [0.3, 0.4) is 0 Å². The molecule has 1 aromatic carbocycles. The number of hydrogen-bond donors (Lipinski definition) is 1. The Balaban J connectivity index is 1.99. The summed E-state index contributed by atoms with van der Waals surface area (Å²) in [4.78, 5) is 23.9. The van der Waals surface area contributed by atoms with Gasteiger partial charge in [0, 0.05) is 24.2 Å². The van der Waals surface area contributed by atoms with Crippen molar-refractivity contribution in [3.63, 3.8) is 0 Å². The van der Waals surface area contributed by atoms with Gasteiger partial charge < -0.3 is 14.7 Å². The van der Waals surface area contributed by atoms with Crippen molar-refractivity contribution in [2.24, 2.45) is 0 Å². The number of nitrogens with zero attached hydrogens (tertiary/aromatic N) is 1. The first kappa shape index (κ1) is 16.9. The topological polar surface area (TPSA) is 66.8 Å². The third kappa shape index (κ3) is 4.48. The van der Waals surface area contributed by atoms with E-state index in [0.717, 1.165) is 6.08 Å². The molecule has 0 saturated carbocycles. The molecule has 1 amide bonds. The lowest BCUT2D eigenvalue weighted by Crippen LogP contribution is -2.36. The smallest absolute Gasteiger partial charge is 0.412 e.